The summed E-state index contributed by atoms with van der Waals surface area (Å²) >= 11 is 0. The molecule has 0 radical (unpaired) electrons. The minimum Gasteiger partial charge on any atom is -0.493 e. The Hall–Kier alpha value is -4.29. The first kappa shape index (κ1) is 23.4. The van der Waals surface area contributed by atoms with E-state index in [9.17, 15) is 17.6 Å². The summed E-state index contributed by atoms with van der Waals surface area (Å²) in [6, 6.07) is 8.16. The molecule has 0 fully saturated rings. The van der Waals surface area contributed by atoms with E-state index in [1.807, 2.05) is 0 Å². The molecule has 13 heteroatoms. The third-order valence-corrected chi connectivity index (χ3v) is 4.28. The minimum atomic E-state index is -5.08. The lowest BCUT2D eigenvalue weighted by Crippen LogP contribution is -2.21. The Balaban J connectivity index is 0.000000383. The van der Waals surface area contributed by atoms with E-state index in [4.69, 9.17) is 20.4 Å². The maximum atomic E-state index is 14.3. The number of halogens is 4. The maximum Gasteiger partial charge on any atom is 0.490 e. The van der Waals surface area contributed by atoms with Crippen molar-refractivity contribution in [1.29, 1.82) is 0 Å². The number of carboxylic acids is 1. The second-order valence-corrected chi connectivity index (χ2v) is 6.51. The fourth-order valence-electron chi connectivity index (χ4n) is 2.86. The van der Waals surface area contributed by atoms with Crippen molar-refractivity contribution in [3.8, 4) is 28.3 Å². The van der Waals surface area contributed by atoms with Crippen LogP contribution in [0.5, 0.6) is 5.75 Å². The molecule has 0 spiro atoms. The van der Waals surface area contributed by atoms with Crippen molar-refractivity contribution in [2.24, 2.45) is 7.05 Å². The van der Waals surface area contributed by atoms with E-state index >= 15 is 0 Å². The summed E-state index contributed by atoms with van der Waals surface area (Å²) in [6.45, 7) is 0. The van der Waals surface area contributed by atoms with Crippen molar-refractivity contribution in [3.05, 3.63) is 48.7 Å². The molecule has 3 aromatic heterocycles. The van der Waals surface area contributed by atoms with Crippen molar-refractivity contribution in [1.82, 2.24) is 24.7 Å². The molecule has 172 valence electrons. The largest absolute Gasteiger partial charge is 0.493 e. The smallest absolute Gasteiger partial charge is 0.490 e. The van der Waals surface area contributed by atoms with E-state index in [2.05, 4.69) is 20.1 Å². The highest BCUT2D eigenvalue weighted by molar-refractivity contribution is 5.94. The molecule has 4 rings (SSSR count). The predicted octanol–water partition coefficient (Wildman–Crippen LogP) is 3.46. The number of fused-ring (bicyclic) bond motifs is 1. The number of carbonyl (C=O) groups is 1. The van der Waals surface area contributed by atoms with Crippen LogP contribution in [0.25, 0.3) is 33.5 Å². The zero-order valence-electron chi connectivity index (χ0n) is 17.1. The monoisotopic (exact) mass is 464 g/mol. The van der Waals surface area contributed by atoms with Crippen LogP contribution in [-0.4, -0.2) is 49.1 Å². The molecule has 9 nitrogen and oxygen atoms in total. The third kappa shape index (κ3) is 4.97. The van der Waals surface area contributed by atoms with Gasteiger partial charge >= 0.3 is 12.1 Å². The highest BCUT2D eigenvalue weighted by Crippen LogP contribution is 2.35. The molecule has 0 unspecified atom stereocenters. The van der Waals surface area contributed by atoms with Gasteiger partial charge in [-0.2, -0.15) is 18.3 Å². The van der Waals surface area contributed by atoms with Crippen LogP contribution in [0.1, 0.15) is 0 Å². The Morgan fingerprint density at radius 1 is 1.15 bits per heavy atom. The first-order valence-corrected chi connectivity index (χ1v) is 9.07. The van der Waals surface area contributed by atoms with E-state index in [1.54, 1.807) is 42.2 Å². The summed E-state index contributed by atoms with van der Waals surface area (Å²) in [5.41, 5.74) is 9.04. The number of hydrogen-bond acceptors (Lipinski definition) is 7. The summed E-state index contributed by atoms with van der Waals surface area (Å²) < 4.78 is 52.9. The number of benzene rings is 1. The Morgan fingerprint density at radius 3 is 2.42 bits per heavy atom. The SMILES string of the molecule is COc1cc2ncnc(-c3cn(C)nc3-c3ccccc3F)c2nc1N.O=C(O)C(F)(F)F. The van der Waals surface area contributed by atoms with Gasteiger partial charge in [-0.05, 0) is 12.1 Å². The van der Waals surface area contributed by atoms with Crippen molar-refractivity contribution in [2.75, 3.05) is 12.8 Å². The third-order valence-electron chi connectivity index (χ3n) is 4.28. The Kier molecular flexibility index (Phi) is 6.42. The number of alkyl halides is 3. The molecule has 0 atom stereocenters. The van der Waals surface area contributed by atoms with Crippen LogP contribution in [0.15, 0.2) is 42.9 Å². The molecule has 0 amide bonds. The maximum absolute atomic E-state index is 14.3. The fraction of sp³-hybridized carbons (Fsp3) is 0.150. The first-order chi connectivity index (χ1) is 15.5. The van der Waals surface area contributed by atoms with Crippen LogP contribution in [0.3, 0.4) is 0 Å². The van der Waals surface area contributed by atoms with E-state index in [-0.39, 0.29) is 11.6 Å². The summed E-state index contributed by atoms with van der Waals surface area (Å²) in [5.74, 6) is -2.46. The van der Waals surface area contributed by atoms with Gasteiger partial charge in [0.15, 0.2) is 11.6 Å². The van der Waals surface area contributed by atoms with Gasteiger partial charge in [0.25, 0.3) is 0 Å². The number of rotatable bonds is 3. The van der Waals surface area contributed by atoms with Crippen molar-refractivity contribution >= 4 is 22.8 Å². The van der Waals surface area contributed by atoms with E-state index in [0.717, 1.165) is 0 Å². The van der Waals surface area contributed by atoms with Gasteiger partial charge in [-0.25, -0.2) is 24.1 Å². The molecule has 3 N–H and O–H groups in total. The molecule has 4 aromatic rings. The quantitative estimate of drug-likeness (QED) is 0.441. The second-order valence-electron chi connectivity index (χ2n) is 6.51. The molecular formula is C20H16F4N6O3. The molecule has 3 heterocycles. The van der Waals surface area contributed by atoms with Crippen molar-refractivity contribution in [2.45, 2.75) is 6.18 Å². The number of nitrogens with zero attached hydrogens (tertiary/aromatic N) is 5. The average Bonchev–Trinajstić information content (AvgIpc) is 3.14. The van der Waals surface area contributed by atoms with Gasteiger partial charge in [0, 0.05) is 30.4 Å². The minimum absolute atomic E-state index is 0.229. The number of aryl methyl sites for hydroxylation is 1. The molecule has 0 aliphatic rings. The molecule has 0 aliphatic carbocycles. The number of aliphatic carboxylic acids is 1. The Labute approximate surface area is 183 Å². The standard InChI is InChI=1S/C18H15FN6O.C2HF3O2/c1-25-8-11(15(24-25)10-5-3-4-6-12(10)19)16-17-13(21-9-22-16)7-14(26-2)18(20)23-17;3-2(4,5)1(6)7/h3-9H,1-2H3,(H2,20,23);(H,6,7). The van der Waals surface area contributed by atoms with Gasteiger partial charge in [0.2, 0.25) is 0 Å². The topological polar surface area (TPSA) is 129 Å². The number of ether oxygens (including phenoxy) is 1. The zero-order valence-corrected chi connectivity index (χ0v) is 17.1. The Morgan fingerprint density at radius 2 is 1.82 bits per heavy atom. The number of carboxylic acid groups (broad SMARTS) is 1. The normalized spacial score (nSPS) is 11.1. The molecule has 33 heavy (non-hydrogen) atoms. The summed E-state index contributed by atoms with van der Waals surface area (Å²) in [4.78, 5) is 21.9. The predicted molar refractivity (Wildman–Crippen MR) is 110 cm³/mol. The molecular weight excluding hydrogens is 448 g/mol. The lowest BCUT2D eigenvalue weighted by atomic mass is 10.0. The number of hydrogen-bond donors (Lipinski definition) is 2. The van der Waals surface area contributed by atoms with Gasteiger partial charge < -0.3 is 15.6 Å². The van der Waals surface area contributed by atoms with Crippen molar-refractivity contribution in [3.63, 3.8) is 0 Å². The molecule has 1 aromatic carbocycles. The van der Waals surface area contributed by atoms with Crippen LogP contribution >= 0.6 is 0 Å². The fourth-order valence-corrected chi connectivity index (χ4v) is 2.86. The van der Waals surface area contributed by atoms with Gasteiger partial charge in [0.1, 0.15) is 29.0 Å². The lowest BCUT2D eigenvalue weighted by molar-refractivity contribution is -0.192. The molecule has 0 bridgehead atoms. The summed E-state index contributed by atoms with van der Waals surface area (Å²) in [7, 11) is 3.28. The summed E-state index contributed by atoms with van der Waals surface area (Å²) in [5, 5.41) is 11.5. The van der Waals surface area contributed by atoms with Crippen LogP contribution in [0.4, 0.5) is 23.4 Å². The number of nitrogens with two attached hydrogens (primary N) is 1. The van der Waals surface area contributed by atoms with Crippen LogP contribution in [0, 0.1) is 5.82 Å². The molecule has 0 saturated carbocycles. The van der Waals surface area contributed by atoms with Gasteiger partial charge in [-0.1, -0.05) is 12.1 Å². The highest BCUT2D eigenvalue weighted by atomic mass is 19.4. The number of anilines is 1. The Bertz CT molecular complexity index is 1320. The van der Waals surface area contributed by atoms with Gasteiger partial charge in [-0.15, -0.1) is 0 Å². The van der Waals surface area contributed by atoms with Crippen LogP contribution in [0.2, 0.25) is 0 Å². The molecule has 0 aliphatic heterocycles. The lowest BCUT2D eigenvalue weighted by Gasteiger charge is -2.08. The van der Waals surface area contributed by atoms with E-state index in [1.165, 1.54) is 19.5 Å². The number of methoxy groups -OCH3 is 1. The second kappa shape index (κ2) is 9.06. The van der Waals surface area contributed by atoms with E-state index in [0.29, 0.717) is 39.3 Å². The highest BCUT2D eigenvalue weighted by Gasteiger charge is 2.38. The van der Waals surface area contributed by atoms with E-state index < -0.39 is 12.1 Å². The average molecular weight is 464 g/mol. The van der Waals surface area contributed by atoms with Crippen LogP contribution < -0.4 is 10.5 Å². The number of nitrogen functional groups attached to an aromatic ring is 1. The molecule has 0 saturated heterocycles. The first-order valence-electron chi connectivity index (χ1n) is 9.07. The van der Waals surface area contributed by atoms with Gasteiger partial charge in [0.05, 0.1) is 12.6 Å². The number of aromatic nitrogens is 5. The number of pyridine rings is 1. The van der Waals surface area contributed by atoms with Gasteiger partial charge in [-0.3, -0.25) is 4.68 Å². The summed E-state index contributed by atoms with van der Waals surface area (Å²) in [6.07, 6.45) is -1.89. The van der Waals surface area contributed by atoms with Crippen molar-refractivity contribution < 1.29 is 32.2 Å². The zero-order chi connectivity index (χ0) is 24.3. The van der Waals surface area contributed by atoms with Crippen LogP contribution in [-0.2, 0) is 11.8 Å².